The molecule has 0 aliphatic heterocycles. The zero-order chi connectivity index (χ0) is 18.8. The molecular weight excluding hydrogens is 338 g/mol. The summed E-state index contributed by atoms with van der Waals surface area (Å²) in [6.45, 7) is 2.02. The molecule has 0 bridgehead atoms. The number of nitrogens with one attached hydrogen (secondary N) is 2. The summed E-state index contributed by atoms with van der Waals surface area (Å²) in [5.41, 5.74) is 4.58. The van der Waals surface area contributed by atoms with Gasteiger partial charge in [0.25, 0.3) is 5.56 Å². The predicted octanol–water partition coefficient (Wildman–Crippen LogP) is 3.61. The monoisotopic (exact) mass is 361 g/mol. The van der Waals surface area contributed by atoms with E-state index >= 15 is 0 Å². The molecule has 1 aliphatic rings. The number of rotatable bonds is 3. The summed E-state index contributed by atoms with van der Waals surface area (Å²) < 4.78 is 1.62. The quantitative estimate of drug-likeness (QED) is 0.700. The molecule has 0 saturated heterocycles. The van der Waals surface area contributed by atoms with Crippen molar-refractivity contribution in [2.75, 3.05) is 5.32 Å². The average molecular weight is 361 g/mol. The molecule has 1 aliphatic carbocycles. The average Bonchev–Trinajstić information content (AvgIpc) is 2.86. The van der Waals surface area contributed by atoms with Crippen molar-refractivity contribution in [2.45, 2.75) is 32.6 Å². The molecule has 0 fully saturated rings. The van der Waals surface area contributed by atoms with Gasteiger partial charge in [0.15, 0.2) is 0 Å². The van der Waals surface area contributed by atoms with E-state index < -0.39 is 0 Å². The smallest absolute Gasteiger partial charge is 0.274 e. The number of nitrogens with zero attached hydrogens (tertiary/aromatic N) is 1. The number of para-hydroxylation sites is 1. The molecule has 1 unspecified atom stereocenters. The summed E-state index contributed by atoms with van der Waals surface area (Å²) in [6.07, 6.45) is 2.75. The fourth-order valence-electron chi connectivity index (χ4n) is 3.67. The number of aromatic nitrogens is 2. The van der Waals surface area contributed by atoms with Crippen molar-refractivity contribution in [1.29, 1.82) is 0 Å². The van der Waals surface area contributed by atoms with Gasteiger partial charge < -0.3 is 5.32 Å². The molecule has 27 heavy (non-hydrogen) atoms. The number of hydrogen-bond donors (Lipinski definition) is 2. The highest BCUT2D eigenvalue weighted by Gasteiger charge is 2.26. The summed E-state index contributed by atoms with van der Waals surface area (Å²) in [5, 5.41) is 6.24. The maximum absolute atomic E-state index is 12.9. The van der Waals surface area contributed by atoms with Crippen molar-refractivity contribution in [3.8, 4) is 5.69 Å². The Bertz CT molecular complexity index is 1000. The van der Waals surface area contributed by atoms with E-state index in [1.807, 2.05) is 61.5 Å². The van der Waals surface area contributed by atoms with Gasteiger partial charge >= 0.3 is 0 Å². The molecule has 138 valence electrons. The second kappa shape index (κ2) is 7.27. The standard InChI is InChI=1S/C22H23N3O2/c1-15-7-11-18(12-8-15)25-22(27)19-13-9-16(10-14-20(19)24-25)21(26)23-17-5-3-2-4-6-17/h2-8,11-12,16,24H,9-10,13-14H2,1H3,(H,23,26). The highest BCUT2D eigenvalue weighted by atomic mass is 16.2. The molecule has 0 radical (unpaired) electrons. The molecule has 5 nitrogen and oxygen atoms in total. The van der Waals surface area contributed by atoms with E-state index in [1.165, 1.54) is 0 Å². The molecule has 3 aromatic rings. The minimum atomic E-state index is -0.0850. The maximum atomic E-state index is 12.9. The fourth-order valence-corrected chi connectivity index (χ4v) is 3.67. The van der Waals surface area contributed by atoms with Gasteiger partial charge in [-0.05, 0) is 56.9 Å². The molecule has 2 aromatic carbocycles. The number of aromatic amines is 1. The molecular formula is C22H23N3O2. The summed E-state index contributed by atoms with van der Waals surface area (Å²) in [7, 11) is 0. The van der Waals surface area contributed by atoms with Gasteiger partial charge in [0.1, 0.15) is 0 Å². The van der Waals surface area contributed by atoms with Crippen LogP contribution in [-0.4, -0.2) is 15.7 Å². The first-order valence-corrected chi connectivity index (χ1v) is 9.37. The maximum Gasteiger partial charge on any atom is 0.274 e. The lowest BCUT2D eigenvalue weighted by Crippen LogP contribution is -2.24. The minimum Gasteiger partial charge on any atom is -0.326 e. The van der Waals surface area contributed by atoms with Crippen molar-refractivity contribution in [2.24, 2.45) is 5.92 Å². The molecule has 5 heteroatoms. The van der Waals surface area contributed by atoms with Crippen LogP contribution in [0.5, 0.6) is 0 Å². The largest absolute Gasteiger partial charge is 0.326 e. The van der Waals surface area contributed by atoms with Gasteiger partial charge in [-0.25, -0.2) is 4.68 Å². The molecule has 4 rings (SSSR count). The third-order valence-electron chi connectivity index (χ3n) is 5.26. The molecule has 1 atom stereocenters. The van der Waals surface area contributed by atoms with Crippen molar-refractivity contribution in [1.82, 2.24) is 9.78 Å². The first-order chi connectivity index (χ1) is 13.1. The summed E-state index contributed by atoms with van der Waals surface area (Å²) >= 11 is 0. The number of hydrogen-bond acceptors (Lipinski definition) is 2. The second-order valence-corrected chi connectivity index (χ2v) is 7.17. The van der Waals surface area contributed by atoms with Gasteiger partial charge in [-0.15, -0.1) is 0 Å². The number of carbonyl (C=O) groups excluding carboxylic acids is 1. The van der Waals surface area contributed by atoms with Gasteiger partial charge in [-0.2, -0.15) is 0 Å². The molecule has 1 heterocycles. The summed E-state index contributed by atoms with van der Waals surface area (Å²) in [6, 6.07) is 17.4. The van der Waals surface area contributed by atoms with Crippen LogP contribution in [0.15, 0.2) is 59.4 Å². The molecule has 0 saturated carbocycles. The Balaban J connectivity index is 1.50. The number of amides is 1. The normalized spacial score (nSPS) is 16.4. The Morgan fingerprint density at radius 1 is 1.04 bits per heavy atom. The number of anilines is 1. The Kier molecular flexibility index (Phi) is 4.67. The van der Waals surface area contributed by atoms with Crippen LogP contribution in [0.2, 0.25) is 0 Å². The molecule has 2 N–H and O–H groups in total. The predicted molar refractivity (Wildman–Crippen MR) is 106 cm³/mol. The van der Waals surface area contributed by atoms with Gasteiger partial charge in [-0.3, -0.25) is 14.7 Å². The van der Waals surface area contributed by atoms with Crippen molar-refractivity contribution in [3.05, 3.63) is 81.8 Å². The van der Waals surface area contributed by atoms with Crippen LogP contribution < -0.4 is 10.9 Å². The lowest BCUT2D eigenvalue weighted by Gasteiger charge is -2.14. The summed E-state index contributed by atoms with van der Waals surface area (Å²) in [4.78, 5) is 25.4. The van der Waals surface area contributed by atoms with E-state index in [-0.39, 0.29) is 17.4 Å². The first-order valence-electron chi connectivity index (χ1n) is 9.37. The third-order valence-corrected chi connectivity index (χ3v) is 5.26. The Hall–Kier alpha value is -3.08. The molecule has 1 aromatic heterocycles. The van der Waals surface area contributed by atoms with E-state index in [1.54, 1.807) is 4.68 Å². The zero-order valence-electron chi connectivity index (χ0n) is 15.4. The van der Waals surface area contributed by atoms with E-state index in [4.69, 9.17) is 0 Å². The molecule has 1 amide bonds. The summed E-state index contributed by atoms with van der Waals surface area (Å²) in [5.74, 6) is -0.0524. The number of aryl methyl sites for hydroxylation is 2. The highest BCUT2D eigenvalue weighted by Crippen LogP contribution is 2.24. The Morgan fingerprint density at radius 2 is 1.74 bits per heavy atom. The first kappa shape index (κ1) is 17.3. The number of H-pyrrole nitrogens is 1. The van der Waals surface area contributed by atoms with Gasteiger partial charge in [0.05, 0.1) is 5.69 Å². The van der Waals surface area contributed by atoms with E-state index in [2.05, 4.69) is 10.4 Å². The van der Waals surface area contributed by atoms with E-state index in [9.17, 15) is 9.59 Å². The van der Waals surface area contributed by atoms with E-state index in [0.29, 0.717) is 19.3 Å². The Morgan fingerprint density at radius 3 is 2.48 bits per heavy atom. The van der Waals surface area contributed by atoms with Crippen LogP contribution in [0.25, 0.3) is 5.69 Å². The fraction of sp³-hybridized carbons (Fsp3) is 0.273. The van der Waals surface area contributed by atoms with Gasteiger partial charge in [0.2, 0.25) is 5.91 Å². The van der Waals surface area contributed by atoms with Crippen molar-refractivity contribution in [3.63, 3.8) is 0 Å². The van der Waals surface area contributed by atoms with Crippen molar-refractivity contribution < 1.29 is 4.79 Å². The van der Waals surface area contributed by atoms with Crippen LogP contribution in [0.1, 0.15) is 29.7 Å². The zero-order valence-corrected chi connectivity index (χ0v) is 15.4. The lowest BCUT2D eigenvalue weighted by atomic mass is 9.98. The molecule has 0 spiro atoms. The van der Waals surface area contributed by atoms with Crippen LogP contribution in [0, 0.1) is 12.8 Å². The van der Waals surface area contributed by atoms with Crippen LogP contribution in [0.3, 0.4) is 0 Å². The number of fused-ring (bicyclic) bond motifs is 1. The minimum absolute atomic E-state index is 0.00188. The number of benzene rings is 2. The van der Waals surface area contributed by atoms with Gasteiger partial charge in [-0.1, -0.05) is 35.9 Å². The van der Waals surface area contributed by atoms with Gasteiger partial charge in [0, 0.05) is 22.9 Å². The topological polar surface area (TPSA) is 66.9 Å². The second-order valence-electron chi connectivity index (χ2n) is 7.17. The van der Waals surface area contributed by atoms with Crippen molar-refractivity contribution >= 4 is 11.6 Å². The Labute approximate surface area is 158 Å². The van der Waals surface area contributed by atoms with Crippen LogP contribution in [0.4, 0.5) is 5.69 Å². The third kappa shape index (κ3) is 3.58. The van der Waals surface area contributed by atoms with E-state index in [0.717, 1.165) is 34.6 Å². The SMILES string of the molecule is Cc1ccc(-n2[nH]c3c(c2=O)CCC(C(=O)Nc2ccccc2)CC3)cc1. The van der Waals surface area contributed by atoms with Crippen LogP contribution >= 0.6 is 0 Å². The highest BCUT2D eigenvalue weighted by molar-refractivity contribution is 5.92. The lowest BCUT2D eigenvalue weighted by molar-refractivity contribution is -0.120. The van der Waals surface area contributed by atoms with Crippen LogP contribution in [-0.2, 0) is 17.6 Å². The number of carbonyl (C=O) groups is 1.